The van der Waals surface area contributed by atoms with E-state index >= 15 is 0 Å². The van der Waals surface area contributed by atoms with Crippen LogP contribution in [-0.4, -0.2) is 22.5 Å². The Hall–Kier alpha value is -4.13. The van der Waals surface area contributed by atoms with Gasteiger partial charge in [0, 0.05) is 12.1 Å². The molecule has 6 nitrogen and oxygen atoms in total. The van der Waals surface area contributed by atoms with Crippen LogP contribution in [0.15, 0.2) is 72.8 Å². The fourth-order valence-corrected chi connectivity index (χ4v) is 3.51. The fourth-order valence-electron chi connectivity index (χ4n) is 3.51. The summed E-state index contributed by atoms with van der Waals surface area (Å²) in [5, 5.41) is 7.58. The number of amides is 1. The van der Waals surface area contributed by atoms with Crippen LogP contribution >= 0.6 is 0 Å². The summed E-state index contributed by atoms with van der Waals surface area (Å²) < 4.78 is 25.7. The number of nitrogens with one attached hydrogen (secondary N) is 1. The van der Waals surface area contributed by atoms with Crippen molar-refractivity contribution in [3.05, 3.63) is 95.4 Å². The lowest BCUT2D eigenvalue weighted by atomic mass is 10.1. The van der Waals surface area contributed by atoms with Crippen LogP contribution in [0.2, 0.25) is 0 Å². The molecular formula is C25H20FN3O3. The van der Waals surface area contributed by atoms with Gasteiger partial charge in [0.2, 0.25) is 6.79 Å². The van der Waals surface area contributed by atoms with Crippen LogP contribution in [0.1, 0.15) is 21.6 Å². The number of nitrogens with zero attached hydrogens (tertiary/aromatic N) is 2. The Balaban J connectivity index is 1.44. The van der Waals surface area contributed by atoms with Gasteiger partial charge in [-0.25, -0.2) is 9.07 Å². The minimum Gasteiger partial charge on any atom is -0.454 e. The predicted octanol–water partition coefficient (Wildman–Crippen LogP) is 4.65. The highest BCUT2D eigenvalue weighted by Crippen LogP contribution is 2.32. The second-order valence-corrected chi connectivity index (χ2v) is 7.54. The summed E-state index contributed by atoms with van der Waals surface area (Å²) >= 11 is 0. The van der Waals surface area contributed by atoms with E-state index in [4.69, 9.17) is 9.47 Å². The zero-order valence-electron chi connectivity index (χ0n) is 17.3. The van der Waals surface area contributed by atoms with E-state index in [0.717, 1.165) is 22.4 Å². The lowest BCUT2D eigenvalue weighted by molar-refractivity contribution is 0.0943. The Morgan fingerprint density at radius 2 is 1.75 bits per heavy atom. The van der Waals surface area contributed by atoms with Gasteiger partial charge in [0.15, 0.2) is 11.5 Å². The first-order valence-electron chi connectivity index (χ1n) is 10.2. The third-order valence-electron chi connectivity index (χ3n) is 5.25. The molecule has 0 spiro atoms. The molecule has 0 radical (unpaired) electrons. The second kappa shape index (κ2) is 8.19. The number of carbonyl (C=O) groups is 1. The maximum absolute atomic E-state index is 13.4. The summed E-state index contributed by atoms with van der Waals surface area (Å²) in [7, 11) is 0. The van der Waals surface area contributed by atoms with Gasteiger partial charge in [-0.05, 0) is 67.1 Å². The van der Waals surface area contributed by atoms with Gasteiger partial charge in [0.1, 0.15) is 11.5 Å². The van der Waals surface area contributed by atoms with Gasteiger partial charge >= 0.3 is 0 Å². The lowest BCUT2D eigenvalue weighted by Crippen LogP contribution is -2.25. The number of ether oxygens (including phenoxy) is 2. The molecule has 4 aromatic rings. The Morgan fingerprint density at radius 1 is 1.00 bits per heavy atom. The Morgan fingerprint density at radius 3 is 2.53 bits per heavy atom. The van der Waals surface area contributed by atoms with Crippen molar-refractivity contribution in [3.8, 4) is 28.4 Å². The van der Waals surface area contributed by atoms with Crippen LogP contribution in [0.3, 0.4) is 0 Å². The van der Waals surface area contributed by atoms with Crippen molar-refractivity contribution in [2.75, 3.05) is 6.79 Å². The van der Waals surface area contributed by atoms with E-state index in [-0.39, 0.29) is 18.5 Å². The summed E-state index contributed by atoms with van der Waals surface area (Å²) in [6.45, 7) is 2.52. The molecule has 0 saturated heterocycles. The Labute approximate surface area is 184 Å². The second-order valence-electron chi connectivity index (χ2n) is 7.54. The Kier molecular flexibility index (Phi) is 5.07. The molecule has 5 rings (SSSR count). The highest BCUT2D eigenvalue weighted by atomic mass is 19.1. The average Bonchev–Trinajstić information content (AvgIpc) is 3.45. The Bertz CT molecular complexity index is 1280. The molecule has 0 saturated carbocycles. The number of benzene rings is 3. The molecule has 32 heavy (non-hydrogen) atoms. The van der Waals surface area contributed by atoms with E-state index in [1.807, 2.05) is 49.4 Å². The number of hydrogen-bond acceptors (Lipinski definition) is 4. The van der Waals surface area contributed by atoms with Gasteiger partial charge < -0.3 is 14.8 Å². The molecule has 0 unspecified atom stereocenters. The summed E-state index contributed by atoms with van der Waals surface area (Å²) in [6.07, 6.45) is 0. The quantitative estimate of drug-likeness (QED) is 0.502. The average molecular weight is 429 g/mol. The summed E-state index contributed by atoms with van der Waals surface area (Å²) in [4.78, 5) is 13.1. The SMILES string of the molecule is Cc1ccc(-n2nc(-c3ccc(F)cc3)cc2C(=O)NCc2ccc3c(c2)OCO3)cc1. The van der Waals surface area contributed by atoms with Gasteiger partial charge in [-0.3, -0.25) is 4.79 Å². The lowest BCUT2D eigenvalue weighted by Gasteiger charge is -2.09. The number of carbonyl (C=O) groups excluding carboxylic acids is 1. The minimum atomic E-state index is -0.326. The topological polar surface area (TPSA) is 65.4 Å². The zero-order valence-corrected chi connectivity index (χ0v) is 17.3. The van der Waals surface area contributed by atoms with E-state index in [9.17, 15) is 9.18 Å². The smallest absolute Gasteiger partial charge is 0.270 e. The van der Waals surface area contributed by atoms with Crippen molar-refractivity contribution in [2.24, 2.45) is 0 Å². The number of aryl methyl sites for hydroxylation is 1. The molecule has 0 atom stereocenters. The molecule has 160 valence electrons. The maximum Gasteiger partial charge on any atom is 0.270 e. The molecule has 1 N–H and O–H groups in total. The van der Waals surface area contributed by atoms with Crippen molar-refractivity contribution in [2.45, 2.75) is 13.5 Å². The van der Waals surface area contributed by atoms with E-state index in [1.54, 1.807) is 22.9 Å². The van der Waals surface area contributed by atoms with Crippen molar-refractivity contribution in [1.82, 2.24) is 15.1 Å². The summed E-state index contributed by atoms with van der Waals surface area (Å²) in [5.74, 6) is 0.763. The molecule has 1 aliphatic heterocycles. The van der Waals surface area contributed by atoms with Crippen LogP contribution in [0.5, 0.6) is 11.5 Å². The van der Waals surface area contributed by atoms with Crippen LogP contribution in [0, 0.1) is 12.7 Å². The first-order valence-corrected chi connectivity index (χ1v) is 10.2. The highest BCUT2D eigenvalue weighted by molar-refractivity contribution is 5.94. The molecule has 1 aromatic heterocycles. The van der Waals surface area contributed by atoms with Crippen molar-refractivity contribution >= 4 is 5.91 Å². The van der Waals surface area contributed by atoms with Gasteiger partial charge in [0.05, 0.1) is 11.4 Å². The van der Waals surface area contributed by atoms with Crippen LogP contribution in [0.4, 0.5) is 4.39 Å². The molecule has 1 amide bonds. The summed E-state index contributed by atoms with van der Waals surface area (Å²) in [5.41, 5.74) is 4.45. The standard InChI is InChI=1S/C25H20FN3O3/c1-16-2-9-20(10-3-16)29-22(13-21(28-29)18-5-7-19(26)8-6-18)25(30)27-14-17-4-11-23-24(12-17)32-15-31-23/h2-13H,14-15H2,1H3,(H,27,30). The maximum atomic E-state index is 13.4. The third-order valence-corrected chi connectivity index (χ3v) is 5.25. The molecule has 0 bridgehead atoms. The molecule has 0 fully saturated rings. The highest BCUT2D eigenvalue weighted by Gasteiger charge is 2.19. The molecular weight excluding hydrogens is 409 g/mol. The minimum absolute atomic E-state index is 0.201. The van der Waals surface area contributed by atoms with Crippen molar-refractivity contribution in [1.29, 1.82) is 0 Å². The largest absolute Gasteiger partial charge is 0.454 e. The predicted molar refractivity (Wildman–Crippen MR) is 117 cm³/mol. The van der Waals surface area contributed by atoms with Gasteiger partial charge in [0.25, 0.3) is 5.91 Å². The normalized spacial score (nSPS) is 12.1. The molecule has 2 heterocycles. The van der Waals surface area contributed by atoms with E-state index in [0.29, 0.717) is 29.4 Å². The number of hydrogen-bond donors (Lipinski definition) is 1. The van der Waals surface area contributed by atoms with Crippen molar-refractivity contribution in [3.63, 3.8) is 0 Å². The van der Waals surface area contributed by atoms with E-state index in [2.05, 4.69) is 10.4 Å². The third kappa shape index (κ3) is 3.92. The summed E-state index contributed by atoms with van der Waals surface area (Å²) in [6, 6.07) is 21.0. The first-order chi connectivity index (χ1) is 15.6. The molecule has 1 aliphatic rings. The van der Waals surface area contributed by atoms with Crippen LogP contribution in [-0.2, 0) is 6.54 Å². The number of fused-ring (bicyclic) bond motifs is 1. The van der Waals surface area contributed by atoms with E-state index in [1.165, 1.54) is 12.1 Å². The van der Waals surface area contributed by atoms with Gasteiger partial charge in [-0.2, -0.15) is 5.10 Å². The number of rotatable bonds is 5. The van der Waals surface area contributed by atoms with Crippen LogP contribution < -0.4 is 14.8 Å². The number of aromatic nitrogens is 2. The van der Waals surface area contributed by atoms with Gasteiger partial charge in [-0.1, -0.05) is 23.8 Å². The zero-order chi connectivity index (χ0) is 22.1. The number of halogens is 1. The monoisotopic (exact) mass is 429 g/mol. The van der Waals surface area contributed by atoms with Gasteiger partial charge in [-0.15, -0.1) is 0 Å². The molecule has 7 heteroatoms. The van der Waals surface area contributed by atoms with Crippen LogP contribution in [0.25, 0.3) is 16.9 Å². The first kappa shape index (κ1) is 19.8. The molecule has 0 aliphatic carbocycles. The molecule has 3 aromatic carbocycles. The fraction of sp³-hybridized carbons (Fsp3) is 0.120. The van der Waals surface area contributed by atoms with Crippen molar-refractivity contribution < 1.29 is 18.7 Å². The van der Waals surface area contributed by atoms with E-state index < -0.39 is 0 Å².